The topological polar surface area (TPSA) is 92.5 Å². The Balaban J connectivity index is 1.19. The lowest BCUT2D eigenvalue weighted by molar-refractivity contribution is 0.0950. The maximum atomic E-state index is 12.8. The van der Waals surface area contributed by atoms with Crippen molar-refractivity contribution < 1.29 is 17.7 Å². The molecule has 7 nitrogen and oxygen atoms in total. The van der Waals surface area contributed by atoms with Gasteiger partial charge in [0.05, 0.1) is 11.4 Å². The fourth-order valence-electron chi connectivity index (χ4n) is 4.29. The van der Waals surface area contributed by atoms with Crippen molar-refractivity contribution in [2.24, 2.45) is 0 Å². The highest BCUT2D eigenvalue weighted by molar-refractivity contribution is 7.89. The molecule has 2 heterocycles. The zero-order valence-electron chi connectivity index (χ0n) is 19.8. The highest BCUT2D eigenvalue weighted by Crippen LogP contribution is 2.25. The average molecular weight is 502 g/mol. The van der Waals surface area contributed by atoms with Crippen molar-refractivity contribution in [3.63, 3.8) is 0 Å². The van der Waals surface area contributed by atoms with E-state index in [1.54, 1.807) is 6.07 Å². The molecule has 5 rings (SSSR count). The zero-order chi connectivity index (χ0) is 25.0. The molecule has 1 amide bonds. The Kier molecular flexibility index (Phi) is 6.97. The lowest BCUT2D eigenvalue weighted by Crippen LogP contribution is -2.35. The summed E-state index contributed by atoms with van der Waals surface area (Å²) in [6.07, 6.45) is 2.81. The van der Waals surface area contributed by atoms with Crippen LogP contribution in [0.25, 0.3) is 22.5 Å². The van der Waals surface area contributed by atoms with Crippen LogP contribution in [0.4, 0.5) is 0 Å². The second-order valence-electron chi connectivity index (χ2n) is 8.80. The molecule has 1 N–H and O–H groups in total. The van der Waals surface area contributed by atoms with Gasteiger partial charge in [0, 0.05) is 30.3 Å². The molecule has 184 valence electrons. The fraction of sp³-hybridized carbons (Fsp3) is 0.214. The van der Waals surface area contributed by atoms with Crippen LogP contribution in [0.5, 0.6) is 0 Å². The number of amides is 1. The molecule has 0 unspecified atom stereocenters. The standard InChI is InChI=1S/C28H27N3O4S/c32-28(24-13-15-26(16-14-24)36(33,34)31-17-5-2-6-18-31)29-20-25-19-27(35-30-25)23-11-9-22(10-12-23)21-7-3-1-4-8-21/h1,3-4,7-16,19H,2,5-6,17-18,20H2,(H,29,32). The van der Waals surface area contributed by atoms with E-state index in [0.29, 0.717) is 30.1 Å². The van der Waals surface area contributed by atoms with Gasteiger partial charge in [-0.25, -0.2) is 8.42 Å². The summed E-state index contributed by atoms with van der Waals surface area (Å²) in [5, 5.41) is 6.87. The Labute approximate surface area is 210 Å². The molecule has 1 saturated heterocycles. The number of nitrogens with zero attached hydrogens (tertiary/aromatic N) is 2. The molecule has 0 atom stereocenters. The lowest BCUT2D eigenvalue weighted by atomic mass is 10.0. The van der Waals surface area contributed by atoms with E-state index in [4.69, 9.17) is 4.52 Å². The molecular formula is C28H27N3O4S. The first-order valence-electron chi connectivity index (χ1n) is 12.0. The van der Waals surface area contributed by atoms with E-state index in [-0.39, 0.29) is 17.3 Å². The summed E-state index contributed by atoms with van der Waals surface area (Å²) in [5.41, 5.74) is 4.12. The number of aromatic nitrogens is 1. The monoisotopic (exact) mass is 501 g/mol. The number of benzene rings is 3. The van der Waals surface area contributed by atoms with Gasteiger partial charge in [0.2, 0.25) is 10.0 Å². The molecular weight excluding hydrogens is 474 g/mol. The van der Waals surface area contributed by atoms with Crippen LogP contribution in [-0.2, 0) is 16.6 Å². The van der Waals surface area contributed by atoms with Crippen LogP contribution < -0.4 is 5.32 Å². The van der Waals surface area contributed by atoms with Crippen LogP contribution >= 0.6 is 0 Å². The first kappa shape index (κ1) is 24.0. The van der Waals surface area contributed by atoms with Gasteiger partial charge in [-0.15, -0.1) is 0 Å². The highest BCUT2D eigenvalue weighted by Gasteiger charge is 2.26. The number of carbonyl (C=O) groups excluding carboxylic acids is 1. The van der Waals surface area contributed by atoms with Crippen LogP contribution in [0, 0.1) is 0 Å². The minimum atomic E-state index is -3.52. The summed E-state index contributed by atoms with van der Waals surface area (Å²) in [6, 6.07) is 26.0. The maximum Gasteiger partial charge on any atom is 0.251 e. The van der Waals surface area contributed by atoms with Crippen molar-refractivity contribution in [3.05, 3.63) is 96.2 Å². The van der Waals surface area contributed by atoms with Crippen molar-refractivity contribution in [1.82, 2.24) is 14.8 Å². The normalized spacial score (nSPS) is 14.4. The van der Waals surface area contributed by atoms with Crippen molar-refractivity contribution in [3.8, 4) is 22.5 Å². The third-order valence-corrected chi connectivity index (χ3v) is 8.25. The van der Waals surface area contributed by atoms with Crippen LogP contribution in [0.15, 0.2) is 94.3 Å². The predicted octanol–water partition coefficient (Wildman–Crippen LogP) is 5.11. The molecule has 0 aliphatic carbocycles. The second-order valence-corrected chi connectivity index (χ2v) is 10.7. The number of rotatable bonds is 7. The van der Waals surface area contributed by atoms with Gasteiger partial charge in [-0.3, -0.25) is 4.79 Å². The number of hydrogen-bond acceptors (Lipinski definition) is 5. The molecule has 4 aromatic rings. The predicted molar refractivity (Wildman–Crippen MR) is 138 cm³/mol. The Morgan fingerprint density at radius 2 is 1.47 bits per heavy atom. The van der Waals surface area contributed by atoms with E-state index in [9.17, 15) is 13.2 Å². The van der Waals surface area contributed by atoms with Gasteiger partial charge in [0.25, 0.3) is 5.91 Å². The quantitative estimate of drug-likeness (QED) is 0.380. The number of piperidine rings is 1. The molecule has 0 radical (unpaired) electrons. The molecule has 1 aliphatic rings. The van der Waals surface area contributed by atoms with Crippen LogP contribution in [-0.4, -0.2) is 36.9 Å². The Hall–Kier alpha value is -3.75. The van der Waals surface area contributed by atoms with Gasteiger partial charge in [0.15, 0.2) is 5.76 Å². The molecule has 0 bridgehead atoms. The minimum Gasteiger partial charge on any atom is -0.356 e. The number of carbonyl (C=O) groups is 1. The summed E-state index contributed by atoms with van der Waals surface area (Å²) < 4.78 is 32.6. The van der Waals surface area contributed by atoms with E-state index >= 15 is 0 Å². The van der Waals surface area contributed by atoms with Gasteiger partial charge in [-0.05, 0) is 48.2 Å². The van der Waals surface area contributed by atoms with Crippen molar-refractivity contribution in [2.75, 3.05) is 13.1 Å². The summed E-state index contributed by atoms with van der Waals surface area (Å²) in [6.45, 7) is 1.28. The minimum absolute atomic E-state index is 0.193. The third kappa shape index (κ3) is 5.24. The largest absolute Gasteiger partial charge is 0.356 e. The molecule has 0 spiro atoms. The van der Waals surface area contributed by atoms with Gasteiger partial charge in [0.1, 0.15) is 5.69 Å². The Morgan fingerprint density at radius 3 is 2.17 bits per heavy atom. The van der Waals surface area contributed by atoms with Crippen molar-refractivity contribution >= 4 is 15.9 Å². The molecule has 8 heteroatoms. The summed E-state index contributed by atoms with van der Waals surface area (Å²) >= 11 is 0. The first-order chi connectivity index (χ1) is 17.5. The van der Waals surface area contributed by atoms with E-state index < -0.39 is 10.0 Å². The highest BCUT2D eigenvalue weighted by atomic mass is 32.2. The molecule has 1 aromatic heterocycles. The third-order valence-electron chi connectivity index (χ3n) is 6.33. The SMILES string of the molecule is O=C(NCc1cc(-c2ccc(-c3ccccc3)cc2)on1)c1ccc(S(=O)(=O)N2CCCCC2)cc1. The van der Waals surface area contributed by atoms with Crippen LogP contribution in [0.1, 0.15) is 35.3 Å². The fourth-order valence-corrected chi connectivity index (χ4v) is 5.81. The van der Waals surface area contributed by atoms with Crippen LogP contribution in [0.2, 0.25) is 0 Å². The molecule has 3 aromatic carbocycles. The molecule has 1 aliphatic heterocycles. The lowest BCUT2D eigenvalue weighted by Gasteiger charge is -2.25. The Bertz CT molecular complexity index is 1420. The summed E-state index contributed by atoms with van der Waals surface area (Å²) in [4.78, 5) is 12.8. The van der Waals surface area contributed by atoms with Crippen LogP contribution in [0.3, 0.4) is 0 Å². The van der Waals surface area contributed by atoms with Gasteiger partial charge in [-0.1, -0.05) is 66.2 Å². The van der Waals surface area contributed by atoms with Crippen molar-refractivity contribution in [1.29, 1.82) is 0 Å². The Morgan fingerprint density at radius 1 is 0.833 bits per heavy atom. The molecule has 36 heavy (non-hydrogen) atoms. The molecule has 0 saturated carbocycles. The number of sulfonamides is 1. The van der Waals surface area contributed by atoms with Gasteiger partial charge in [-0.2, -0.15) is 4.31 Å². The summed E-state index contributed by atoms with van der Waals surface area (Å²) in [5.74, 6) is 0.305. The van der Waals surface area contributed by atoms with Gasteiger partial charge >= 0.3 is 0 Å². The van der Waals surface area contributed by atoms with E-state index in [1.165, 1.54) is 28.6 Å². The van der Waals surface area contributed by atoms with E-state index in [1.807, 2.05) is 42.5 Å². The van der Waals surface area contributed by atoms with E-state index in [0.717, 1.165) is 36.0 Å². The smallest absolute Gasteiger partial charge is 0.251 e. The average Bonchev–Trinajstić information content (AvgIpc) is 3.42. The zero-order valence-corrected chi connectivity index (χ0v) is 20.6. The van der Waals surface area contributed by atoms with E-state index in [2.05, 4.69) is 22.6 Å². The maximum absolute atomic E-state index is 12.8. The second kappa shape index (κ2) is 10.5. The number of hydrogen-bond donors (Lipinski definition) is 1. The molecule has 1 fully saturated rings. The van der Waals surface area contributed by atoms with Crippen molar-refractivity contribution in [2.45, 2.75) is 30.7 Å². The number of nitrogens with one attached hydrogen (secondary N) is 1. The van der Waals surface area contributed by atoms with Gasteiger partial charge < -0.3 is 9.84 Å². The summed E-state index contributed by atoms with van der Waals surface area (Å²) in [7, 11) is -3.52. The first-order valence-corrected chi connectivity index (χ1v) is 13.4.